The molecule has 0 bridgehead atoms. The molecule has 0 aliphatic carbocycles. The van der Waals surface area contributed by atoms with E-state index < -0.39 is 6.03 Å². The number of hydrogen-bond acceptors (Lipinski definition) is 7. The molecule has 2 heterocycles. The van der Waals surface area contributed by atoms with Gasteiger partial charge in [-0.25, -0.2) is 4.79 Å². The summed E-state index contributed by atoms with van der Waals surface area (Å²) in [7, 11) is 3.32. The number of hydrogen-bond donors (Lipinski definition) is 2. The number of rotatable bonds is 8. The van der Waals surface area contributed by atoms with E-state index in [1.165, 1.54) is 5.56 Å². The summed E-state index contributed by atoms with van der Waals surface area (Å²) in [6, 6.07) is 10.6. The maximum atomic E-state index is 12.4. The fraction of sp³-hybridized carbons (Fsp3) is 0.462. The SMILES string of the molecule is COc1cc(CCC2CCN(CC(=O)NC(=O)Nc3ccc4c(c3)OCCO4)CC2)cc(OC)c1. The number of nitrogens with one attached hydrogen (secondary N) is 2. The average molecular weight is 484 g/mol. The van der Waals surface area contributed by atoms with Gasteiger partial charge >= 0.3 is 6.03 Å². The van der Waals surface area contributed by atoms with E-state index >= 15 is 0 Å². The predicted molar refractivity (Wildman–Crippen MR) is 132 cm³/mol. The van der Waals surface area contributed by atoms with Crippen molar-refractivity contribution in [2.45, 2.75) is 25.7 Å². The van der Waals surface area contributed by atoms with E-state index in [2.05, 4.69) is 27.7 Å². The number of benzene rings is 2. The Morgan fingerprint density at radius 3 is 2.34 bits per heavy atom. The van der Waals surface area contributed by atoms with E-state index in [1.807, 2.05) is 6.07 Å². The molecule has 2 aromatic rings. The predicted octanol–water partition coefficient (Wildman–Crippen LogP) is 3.47. The zero-order valence-corrected chi connectivity index (χ0v) is 20.3. The van der Waals surface area contributed by atoms with Gasteiger partial charge in [0.1, 0.15) is 24.7 Å². The number of urea groups is 1. The summed E-state index contributed by atoms with van der Waals surface area (Å²) in [6.07, 6.45) is 4.09. The standard InChI is InChI=1S/C26H33N3O6/c1-32-21-13-19(14-22(16-21)33-2)4-3-18-7-9-29(10-8-18)17-25(30)28-26(31)27-20-5-6-23-24(15-20)35-12-11-34-23/h5-6,13-16,18H,3-4,7-12,17H2,1-2H3,(H2,27,28,30,31). The van der Waals surface area contributed by atoms with Crippen molar-refractivity contribution in [3.63, 3.8) is 0 Å². The van der Waals surface area contributed by atoms with E-state index in [1.54, 1.807) is 32.4 Å². The number of likely N-dealkylation sites (tertiary alicyclic amines) is 1. The highest BCUT2D eigenvalue weighted by atomic mass is 16.6. The Morgan fingerprint density at radius 2 is 1.66 bits per heavy atom. The average Bonchev–Trinajstić information content (AvgIpc) is 2.87. The second-order valence-corrected chi connectivity index (χ2v) is 8.84. The van der Waals surface area contributed by atoms with Crippen molar-refractivity contribution < 1.29 is 28.5 Å². The van der Waals surface area contributed by atoms with Crippen LogP contribution in [0.15, 0.2) is 36.4 Å². The first-order chi connectivity index (χ1) is 17.0. The lowest BCUT2D eigenvalue weighted by atomic mass is 9.90. The van der Waals surface area contributed by atoms with Crippen molar-refractivity contribution in [3.8, 4) is 23.0 Å². The molecule has 1 fully saturated rings. The first-order valence-electron chi connectivity index (χ1n) is 12.0. The summed E-state index contributed by atoms with van der Waals surface area (Å²) >= 11 is 0. The number of fused-ring (bicyclic) bond motifs is 1. The molecule has 0 saturated carbocycles. The van der Waals surface area contributed by atoms with Gasteiger partial charge in [0, 0.05) is 17.8 Å². The highest BCUT2D eigenvalue weighted by Gasteiger charge is 2.22. The molecule has 2 aromatic carbocycles. The van der Waals surface area contributed by atoms with Crippen LogP contribution >= 0.6 is 0 Å². The number of imide groups is 1. The molecule has 0 spiro atoms. The maximum Gasteiger partial charge on any atom is 0.325 e. The van der Waals surface area contributed by atoms with Crippen LogP contribution in [-0.2, 0) is 11.2 Å². The quantitative estimate of drug-likeness (QED) is 0.593. The number of carbonyl (C=O) groups excluding carboxylic acids is 2. The van der Waals surface area contributed by atoms with E-state index in [-0.39, 0.29) is 12.5 Å². The van der Waals surface area contributed by atoms with Crippen molar-refractivity contribution >= 4 is 17.6 Å². The minimum atomic E-state index is -0.560. The molecule has 9 nitrogen and oxygen atoms in total. The Morgan fingerprint density at radius 1 is 0.971 bits per heavy atom. The van der Waals surface area contributed by atoms with Crippen molar-refractivity contribution in [2.24, 2.45) is 5.92 Å². The van der Waals surface area contributed by atoms with Crippen molar-refractivity contribution in [1.82, 2.24) is 10.2 Å². The molecule has 0 radical (unpaired) electrons. The first kappa shape index (κ1) is 24.7. The van der Waals surface area contributed by atoms with Crippen LogP contribution in [0.4, 0.5) is 10.5 Å². The van der Waals surface area contributed by atoms with Gasteiger partial charge in [-0.1, -0.05) is 0 Å². The van der Waals surface area contributed by atoms with Crippen LogP contribution in [0.1, 0.15) is 24.8 Å². The van der Waals surface area contributed by atoms with Crippen LogP contribution in [-0.4, -0.2) is 63.9 Å². The van der Waals surface area contributed by atoms with Gasteiger partial charge in [-0.2, -0.15) is 0 Å². The van der Waals surface area contributed by atoms with Crippen LogP contribution in [0.3, 0.4) is 0 Å². The molecule has 1 saturated heterocycles. The molecule has 2 aliphatic rings. The van der Waals surface area contributed by atoms with Crippen LogP contribution in [0.2, 0.25) is 0 Å². The lowest BCUT2D eigenvalue weighted by Crippen LogP contribution is -2.44. The molecule has 3 amide bonds. The first-order valence-corrected chi connectivity index (χ1v) is 12.0. The number of methoxy groups -OCH3 is 2. The largest absolute Gasteiger partial charge is 0.497 e. The number of carbonyl (C=O) groups is 2. The van der Waals surface area contributed by atoms with Gasteiger partial charge in [0.2, 0.25) is 5.91 Å². The smallest absolute Gasteiger partial charge is 0.325 e. The summed E-state index contributed by atoms with van der Waals surface area (Å²) in [5.41, 5.74) is 1.74. The van der Waals surface area contributed by atoms with Crippen molar-refractivity contribution in [1.29, 1.82) is 0 Å². The van der Waals surface area contributed by atoms with E-state index in [4.69, 9.17) is 18.9 Å². The summed E-state index contributed by atoms with van der Waals surface area (Å²) < 4.78 is 21.7. The zero-order chi connectivity index (χ0) is 24.6. The number of nitrogens with zero attached hydrogens (tertiary/aromatic N) is 1. The van der Waals surface area contributed by atoms with Crippen LogP contribution in [0, 0.1) is 5.92 Å². The van der Waals surface area contributed by atoms with Crippen molar-refractivity contribution in [3.05, 3.63) is 42.0 Å². The Hall–Kier alpha value is -3.46. The fourth-order valence-corrected chi connectivity index (χ4v) is 4.47. The van der Waals surface area contributed by atoms with Crippen LogP contribution < -0.4 is 29.6 Å². The molecule has 35 heavy (non-hydrogen) atoms. The number of aryl methyl sites for hydroxylation is 1. The molecular formula is C26H33N3O6. The third kappa shape index (κ3) is 7.02. The van der Waals surface area contributed by atoms with Gasteiger partial charge in [-0.3, -0.25) is 15.0 Å². The van der Waals surface area contributed by atoms with Crippen molar-refractivity contribution in [2.75, 3.05) is 52.4 Å². The topological polar surface area (TPSA) is 98.4 Å². The molecule has 188 valence electrons. The van der Waals surface area contributed by atoms with Gasteiger partial charge in [-0.15, -0.1) is 0 Å². The van der Waals surface area contributed by atoms with E-state index in [0.29, 0.717) is 36.3 Å². The molecule has 0 aromatic heterocycles. The minimum Gasteiger partial charge on any atom is -0.497 e. The number of ether oxygens (including phenoxy) is 4. The number of amides is 3. The molecule has 4 rings (SSSR count). The zero-order valence-electron chi connectivity index (χ0n) is 20.3. The van der Waals surface area contributed by atoms with Gasteiger partial charge in [0.05, 0.1) is 20.8 Å². The summed E-state index contributed by atoms with van der Waals surface area (Å²) in [5.74, 6) is 3.11. The molecular weight excluding hydrogens is 450 g/mol. The highest BCUT2D eigenvalue weighted by Crippen LogP contribution is 2.32. The van der Waals surface area contributed by atoms with Gasteiger partial charge in [-0.05, 0) is 74.5 Å². The number of piperidine rings is 1. The third-order valence-electron chi connectivity index (χ3n) is 6.38. The summed E-state index contributed by atoms with van der Waals surface area (Å²) in [6.45, 7) is 2.85. The highest BCUT2D eigenvalue weighted by molar-refractivity contribution is 6.01. The lowest BCUT2D eigenvalue weighted by Gasteiger charge is -2.31. The molecule has 0 unspecified atom stereocenters. The van der Waals surface area contributed by atoms with Crippen LogP contribution in [0.25, 0.3) is 0 Å². The van der Waals surface area contributed by atoms with Gasteiger partial charge in [0.25, 0.3) is 0 Å². The Kier molecular flexibility index (Phi) is 8.31. The van der Waals surface area contributed by atoms with E-state index in [0.717, 1.165) is 50.3 Å². The van der Waals surface area contributed by atoms with Gasteiger partial charge < -0.3 is 24.3 Å². The summed E-state index contributed by atoms with van der Waals surface area (Å²) in [5, 5.41) is 5.08. The Bertz CT molecular complexity index is 1010. The minimum absolute atomic E-state index is 0.203. The maximum absolute atomic E-state index is 12.4. The second-order valence-electron chi connectivity index (χ2n) is 8.84. The Balaban J connectivity index is 1.17. The summed E-state index contributed by atoms with van der Waals surface area (Å²) in [4.78, 5) is 26.7. The van der Waals surface area contributed by atoms with Gasteiger partial charge in [0.15, 0.2) is 11.5 Å². The normalized spacial score (nSPS) is 15.8. The molecule has 9 heteroatoms. The monoisotopic (exact) mass is 483 g/mol. The second kappa shape index (κ2) is 11.8. The molecule has 0 atom stereocenters. The third-order valence-corrected chi connectivity index (χ3v) is 6.38. The van der Waals surface area contributed by atoms with E-state index in [9.17, 15) is 9.59 Å². The Labute approximate surface area is 205 Å². The fourth-order valence-electron chi connectivity index (χ4n) is 4.47. The van der Waals surface area contributed by atoms with Crippen LogP contribution in [0.5, 0.6) is 23.0 Å². The number of anilines is 1. The lowest BCUT2D eigenvalue weighted by molar-refractivity contribution is -0.121. The molecule has 2 N–H and O–H groups in total. The molecule has 2 aliphatic heterocycles.